The summed E-state index contributed by atoms with van der Waals surface area (Å²) < 4.78 is 12.7. The molecule has 0 aliphatic carbocycles. The van der Waals surface area contributed by atoms with Gasteiger partial charge >= 0.3 is 0 Å². The van der Waals surface area contributed by atoms with Gasteiger partial charge in [-0.2, -0.15) is 0 Å². The van der Waals surface area contributed by atoms with Gasteiger partial charge in [-0.25, -0.2) is 4.98 Å². The van der Waals surface area contributed by atoms with Crippen molar-refractivity contribution in [2.45, 2.75) is 26.3 Å². The van der Waals surface area contributed by atoms with Crippen LogP contribution in [0.15, 0.2) is 42.5 Å². The number of nitrogens with zero attached hydrogens (tertiary/aromatic N) is 2. The number of amides is 1. The summed E-state index contributed by atoms with van der Waals surface area (Å²) in [5.74, 6) is 2.35. The predicted molar refractivity (Wildman–Crippen MR) is 105 cm³/mol. The lowest BCUT2D eigenvalue weighted by Gasteiger charge is -2.11. The minimum absolute atomic E-state index is 0.0336. The first kappa shape index (κ1) is 18.8. The normalized spacial score (nSPS) is 10.8. The summed E-state index contributed by atoms with van der Waals surface area (Å²) >= 11 is 0. The number of ether oxygens (including phenoxy) is 2. The van der Waals surface area contributed by atoms with E-state index in [2.05, 4.69) is 20.9 Å². The second kappa shape index (κ2) is 8.58. The number of hydrogen-bond acceptors (Lipinski definition) is 4. The van der Waals surface area contributed by atoms with Gasteiger partial charge in [0.15, 0.2) is 0 Å². The number of benzene rings is 2. The molecule has 3 rings (SSSR count). The molecule has 2 aromatic carbocycles. The van der Waals surface area contributed by atoms with E-state index in [1.54, 1.807) is 14.2 Å². The highest BCUT2D eigenvalue weighted by molar-refractivity contribution is 5.79. The zero-order chi connectivity index (χ0) is 19.2. The van der Waals surface area contributed by atoms with Crippen LogP contribution in [0.2, 0.25) is 0 Å². The fourth-order valence-electron chi connectivity index (χ4n) is 3.20. The van der Waals surface area contributed by atoms with Crippen LogP contribution in [0.3, 0.4) is 0 Å². The number of carbonyl (C=O) groups excluding carboxylic acids is 1. The number of para-hydroxylation sites is 2. The van der Waals surface area contributed by atoms with Crippen LogP contribution in [-0.4, -0.2) is 36.2 Å². The van der Waals surface area contributed by atoms with E-state index in [4.69, 9.17) is 9.47 Å². The van der Waals surface area contributed by atoms with Crippen LogP contribution >= 0.6 is 0 Å². The first-order chi connectivity index (χ1) is 13.1. The van der Waals surface area contributed by atoms with E-state index in [0.29, 0.717) is 18.0 Å². The van der Waals surface area contributed by atoms with Crippen molar-refractivity contribution in [1.29, 1.82) is 0 Å². The molecule has 142 valence electrons. The fourth-order valence-corrected chi connectivity index (χ4v) is 3.20. The first-order valence-corrected chi connectivity index (χ1v) is 9.02. The maximum Gasteiger partial charge on any atom is 0.224 e. The van der Waals surface area contributed by atoms with E-state index in [0.717, 1.165) is 35.4 Å². The Morgan fingerprint density at radius 1 is 1.15 bits per heavy atom. The van der Waals surface area contributed by atoms with Crippen molar-refractivity contribution >= 4 is 16.9 Å². The van der Waals surface area contributed by atoms with Crippen molar-refractivity contribution in [3.05, 3.63) is 53.9 Å². The Hall–Kier alpha value is -3.02. The largest absolute Gasteiger partial charge is 0.497 e. The zero-order valence-electron chi connectivity index (χ0n) is 16.0. The molecular formula is C21H25N3O3. The highest BCUT2D eigenvalue weighted by Gasteiger charge is 2.11. The molecule has 6 heteroatoms. The summed E-state index contributed by atoms with van der Waals surface area (Å²) in [7, 11) is 3.20. The van der Waals surface area contributed by atoms with Crippen molar-refractivity contribution in [2.75, 3.05) is 20.8 Å². The lowest BCUT2D eigenvalue weighted by atomic mass is 10.1. The van der Waals surface area contributed by atoms with Gasteiger partial charge in [0.2, 0.25) is 5.91 Å². The van der Waals surface area contributed by atoms with Gasteiger partial charge in [-0.05, 0) is 43.7 Å². The Morgan fingerprint density at radius 2 is 1.96 bits per heavy atom. The molecule has 0 aliphatic heterocycles. The number of aromatic nitrogens is 2. The molecule has 1 N–H and O–H groups in total. The molecule has 27 heavy (non-hydrogen) atoms. The Labute approximate surface area is 159 Å². The van der Waals surface area contributed by atoms with Gasteiger partial charge in [-0.1, -0.05) is 12.1 Å². The van der Waals surface area contributed by atoms with Gasteiger partial charge in [0.25, 0.3) is 0 Å². The minimum Gasteiger partial charge on any atom is -0.497 e. The molecule has 1 heterocycles. The molecule has 0 saturated carbocycles. The number of carbonyl (C=O) groups is 1. The summed E-state index contributed by atoms with van der Waals surface area (Å²) in [6, 6.07) is 13.6. The minimum atomic E-state index is -0.0336. The van der Waals surface area contributed by atoms with E-state index in [1.165, 1.54) is 0 Å². The van der Waals surface area contributed by atoms with Crippen molar-refractivity contribution in [2.24, 2.45) is 0 Å². The number of fused-ring (bicyclic) bond motifs is 1. The Morgan fingerprint density at radius 3 is 2.74 bits per heavy atom. The van der Waals surface area contributed by atoms with E-state index in [9.17, 15) is 4.79 Å². The van der Waals surface area contributed by atoms with Crippen LogP contribution in [0, 0.1) is 6.92 Å². The number of rotatable bonds is 8. The average molecular weight is 367 g/mol. The Balaban J connectivity index is 1.53. The highest BCUT2D eigenvalue weighted by Crippen LogP contribution is 2.24. The average Bonchev–Trinajstić information content (AvgIpc) is 3.00. The van der Waals surface area contributed by atoms with Crippen molar-refractivity contribution in [3.8, 4) is 11.5 Å². The second-order valence-electron chi connectivity index (χ2n) is 6.36. The molecule has 0 bridgehead atoms. The number of imidazole rings is 1. The molecule has 0 saturated heterocycles. The van der Waals surface area contributed by atoms with E-state index in [-0.39, 0.29) is 12.3 Å². The number of methoxy groups -OCH3 is 2. The van der Waals surface area contributed by atoms with Gasteiger partial charge in [0.05, 0.1) is 31.7 Å². The number of hydrogen-bond donors (Lipinski definition) is 1. The smallest absolute Gasteiger partial charge is 0.224 e. The maximum absolute atomic E-state index is 12.3. The Bertz CT molecular complexity index is 934. The zero-order valence-corrected chi connectivity index (χ0v) is 16.0. The highest BCUT2D eigenvalue weighted by atomic mass is 16.5. The number of nitrogens with one attached hydrogen (secondary N) is 1. The van der Waals surface area contributed by atoms with Crippen LogP contribution < -0.4 is 14.8 Å². The molecule has 0 spiro atoms. The van der Waals surface area contributed by atoms with Crippen LogP contribution in [-0.2, 0) is 17.8 Å². The van der Waals surface area contributed by atoms with Crippen LogP contribution in [0.4, 0.5) is 0 Å². The van der Waals surface area contributed by atoms with Gasteiger partial charge in [0, 0.05) is 18.7 Å². The van der Waals surface area contributed by atoms with Crippen LogP contribution in [0.25, 0.3) is 11.0 Å². The summed E-state index contributed by atoms with van der Waals surface area (Å²) in [6.07, 6.45) is 1.09. The van der Waals surface area contributed by atoms with Gasteiger partial charge < -0.3 is 19.4 Å². The van der Waals surface area contributed by atoms with E-state index >= 15 is 0 Å². The third kappa shape index (κ3) is 4.39. The molecule has 0 aliphatic rings. The summed E-state index contributed by atoms with van der Waals surface area (Å²) in [5, 5.41) is 2.98. The summed E-state index contributed by atoms with van der Waals surface area (Å²) in [4.78, 5) is 16.9. The molecule has 0 fully saturated rings. The third-order valence-corrected chi connectivity index (χ3v) is 4.56. The first-order valence-electron chi connectivity index (χ1n) is 9.02. The lowest BCUT2D eigenvalue weighted by molar-refractivity contribution is -0.120. The standard InChI is InChI=1S/C21H25N3O3/c1-15-23-18-7-4-5-8-19(18)24(15)12-6-11-22-21(25)14-16-13-17(26-2)9-10-20(16)27-3/h4-5,7-10,13H,6,11-12,14H2,1-3H3,(H,22,25). The monoisotopic (exact) mass is 367 g/mol. The van der Waals surface area contributed by atoms with Crippen molar-refractivity contribution in [3.63, 3.8) is 0 Å². The maximum atomic E-state index is 12.3. The summed E-state index contributed by atoms with van der Waals surface area (Å²) in [6.45, 7) is 3.43. The topological polar surface area (TPSA) is 65.4 Å². The van der Waals surface area contributed by atoms with E-state index < -0.39 is 0 Å². The van der Waals surface area contributed by atoms with Gasteiger partial charge in [-0.3, -0.25) is 4.79 Å². The van der Waals surface area contributed by atoms with Gasteiger partial charge in [-0.15, -0.1) is 0 Å². The van der Waals surface area contributed by atoms with Gasteiger partial charge in [0.1, 0.15) is 17.3 Å². The van der Waals surface area contributed by atoms with Crippen LogP contribution in [0.5, 0.6) is 11.5 Å². The molecule has 6 nitrogen and oxygen atoms in total. The SMILES string of the molecule is COc1ccc(OC)c(CC(=O)NCCCn2c(C)nc3ccccc32)c1. The molecule has 3 aromatic rings. The lowest BCUT2D eigenvalue weighted by Crippen LogP contribution is -2.27. The molecule has 0 atom stereocenters. The molecular weight excluding hydrogens is 342 g/mol. The van der Waals surface area contributed by atoms with Crippen molar-refractivity contribution in [1.82, 2.24) is 14.9 Å². The molecule has 0 radical (unpaired) electrons. The van der Waals surface area contributed by atoms with E-state index in [1.807, 2.05) is 43.3 Å². The third-order valence-electron chi connectivity index (χ3n) is 4.56. The molecule has 1 aromatic heterocycles. The second-order valence-corrected chi connectivity index (χ2v) is 6.36. The summed E-state index contributed by atoms with van der Waals surface area (Å²) in [5.41, 5.74) is 2.94. The fraction of sp³-hybridized carbons (Fsp3) is 0.333. The van der Waals surface area contributed by atoms with Crippen molar-refractivity contribution < 1.29 is 14.3 Å². The Kier molecular flexibility index (Phi) is 5.96. The molecule has 1 amide bonds. The number of aryl methyl sites for hydroxylation is 2. The quantitative estimate of drug-likeness (QED) is 0.621. The molecule has 0 unspecified atom stereocenters. The van der Waals surface area contributed by atoms with Crippen LogP contribution in [0.1, 0.15) is 17.8 Å². The predicted octanol–water partition coefficient (Wildman–Crippen LogP) is 3.11.